The second kappa shape index (κ2) is 8.01. The van der Waals surface area contributed by atoms with Crippen LogP contribution in [-0.4, -0.2) is 33.9 Å². The number of amidine groups is 1. The summed E-state index contributed by atoms with van der Waals surface area (Å²) in [6.07, 6.45) is 6.57. The van der Waals surface area contributed by atoms with Crippen molar-refractivity contribution in [2.75, 3.05) is 13.6 Å². The molecule has 160 valence electrons. The topological polar surface area (TPSA) is 62.0 Å². The van der Waals surface area contributed by atoms with Gasteiger partial charge in [-0.2, -0.15) is 4.98 Å². The Morgan fingerprint density at radius 2 is 1.93 bits per heavy atom. The highest BCUT2D eigenvalue weighted by molar-refractivity contribution is 5.96. The number of fused-ring (bicyclic) bond motifs is 1. The van der Waals surface area contributed by atoms with Gasteiger partial charge in [-0.05, 0) is 43.2 Å². The minimum absolute atomic E-state index is 0.0357. The maximum Gasteiger partial charge on any atom is 0.276 e. The largest absolute Gasteiger partial charge is 0.357 e. The third-order valence-electron chi connectivity index (χ3n) is 6.99. The second-order valence-electron chi connectivity index (χ2n) is 9.69. The lowest BCUT2D eigenvalue weighted by molar-refractivity contribution is 0.382. The van der Waals surface area contributed by atoms with Gasteiger partial charge in [0, 0.05) is 37.5 Å². The molecule has 1 aromatic carbocycles. The monoisotopic (exact) mass is 406 g/mol. The lowest BCUT2D eigenvalue weighted by atomic mass is 9.75. The molecule has 1 N–H and O–H groups in total. The molecule has 1 aliphatic heterocycles. The van der Waals surface area contributed by atoms with Gasteiger partial charge in [-0.1, -0.05) is 51.0 Å². The van der Waals surface area contributed by atoms with Crippen LogP contribution in [0.5, 0.6) is 0 Å². The van der Waals surface area contributed by atoms with Crippen molar-refractivity contribution in [3.05, 3.63) is 62.8 Å². The van der Waals surface area contributed by atoms with E-state index >= 15 is 0 Å². The molecule has 5 heteroatoms. The average molecular weight is 407 g/mol. The van der Waals surface area contributed by atoms with Crippen LogP contribution in [0.1, 0.15) is 67.7 Å². The van der Waals surface area contributed by atoms with Crippen molar-refractivity contribution in [1.82, 2.24) is 14.5 Å². The van der Waals surface area contributed by atoms with E-state index in [0.717, 1.165) is 50.3 Å². The van der Waals surface area contributed by atoms with Gasteiger partial charge in [-0.3, -0.25) is 10.2 Å². The molecule has 1 aromatic heterocycles. The van der Waals surface area contributed by atoms with E-state index in [1.54, 1.807) is 6.92 Å². The van der Waals surface area contributed by atoms with Crippen LogP contribution in [0.2, 0.25) is 0 Å². The number of hydrogen-bond donors (Lipinski definition) is 1. The summed E-state index contributed by atoms with van der Waals surface area (Å²) in [5.41, 5.74) is 3.99. The van der Waals surface area contributed by atoms with Gasteiger partial charge in [0.1, 0.15) is 11.7 Å². The molecule has 30 heavy (non-hydrogen) atoms. The Labute approximate surface area is 179 Å². The minimum Gasteiger partial charge on any atom is -0.357 e. The lowest BCUT2D eigenvalue weighted by Gasteiger charge is -2.35. The van der Waals surface area contributed by atoms with Crippen LogP contribution in [0.15, 0.2) is 29.1 Å². The molecule has 2 heterocycles. The fourth-order valence-electron chi connectivity index (χ4n) is 5.34. The summed E-state index contributed by atoms with van der Waals surface area (Å²) in [5.74, 6) is 1.92. The number of nitrogens with zero attached hydrogens (tertiary/aromatic N) is 3. The summed E-state index contributed by atoms with van der Waals surface area (Å²) >= 11 is 0. The van der Waals surface area contributed by atoms with E-state index in [0.29, 0.717) is 17.3 Å². The van der Waals surface area contributed by atoms with Crippen LogP contribution in [-0.2, 0) is 24.8 Å². The van der Waals surface area contributed by atoms with E-state index in [1.807, 2.05) is 11.9 Å². The minimum atomic E-state index is -0.182. The number of hydrogen-bond acceptors (Lipinski definition) is 3. The van der Waals surface area contributed by atoms with Crippen molar-refractivity contribution in [1.29, 1.82) is 5.41 Å². The van der Waals surface area contributed by atoms with Gasteiger partial charge in [0.25, 0.3) is 5.56 Å². The predicted octanol–water partition coefficient (Wildman–Crippen LogP) is 4.08. The Hall–Kier alpha value is -2.43. The van der Waals surface area contributed by atoms with Crippen molar-refractivity contribution in [2.45, 2.75) is 71.3 Å². The summed E-state index contributed by atoms with van der Waals surface area (Å²) in [4.78, 5) is 19.2. The Morgan fingerprint density at radius 3 is 2.63 bits per heavy atom. The van der Waals surface area contributed by atoms with Crippen LogP contribution in [0.25, 0.3) is 0 Å². The van der Waals surface area contributed by atoms with E-state index in [-0.39, 0.29) is 11.0 Å². The normalized spacial score (nSPS) is 18.2. The van der Waals surface area contributed by atoms with Crippen molar-refractivity contribution < 1.29 is 0 Å². The van der Waals surface area contributed by atoms with E-state index in [9.17, 15) is 4.79 Å². The van der Waals surface area contributed by atoms with Gasteiger partial charge >= 0.3 is 0 Å². The number of likely N-dealkylation sites (N-methyl/N-ethyl adjacent to an activating group) is 1. The van der Waals surface area contributed by atoms with Gasteiger partial charge in [-0.25, -0.2) is 0 Å². The SMILES string of the molecule is Cc1c2n(c(CC3(c4cccc(CC(C)C)c4)CCCC3)nc1=O)CCN(C)C2=N. The molecular formula is C25H34N4O. The van der Waals surface area contributed by atoms with Gasteiger partial charge in [0.2, 0.25) is 0 Å². The summed E-state index contributed by atoms with van der Waals surface area (Å²) in [5, 5.41) is 8.54. The van der Waals surface area contributed by atoms with Crippen molar-refractivity contribution in [2.24, 2.45) is 5.92 Å². The van der Waals surface area contributed by atoms with E-state index in [1.165, 1.54) is 24.0 Å². The molecule has 1 saturated carbocycles. The molecule has 2 aliphatic rings. The van der Waals surface area contributed by atoms with Crippen molar-refractivity contribution in [3.63, 3.8) is 0 Å². The first-order chi connectivity index (χ1) is 14.3. The zero-order valence-corrected chi connectivity index (χ0v) is 18.8. The van der Waals surface area contributed by atoms with Crippen molar-refractivity contribution in [3.8, 4) is 0 Å². The molecule has 0 unspecified atom stereocenters. The predicted molar refractivity (Wildman–Crippen MR) is 122 cm³/mol. The maximum atomic E-state index is 12.7. The summed E-state index contributed by atoms with van der Waals surface area (Å²) in [7, 11) is 1.93. The fourth-order valence-corrected chi connectivity index (χ4v) is 5.34. The fraction of sp³-hybridized carbons (Fsp3) is 0.560. The Kier molecular flexibility index (Phi) is 5.56. The number of rotatable bonds is 5. The number of nitrogens with one attached hydrogen (secondary N) is 1. The molecule has 0 atom stereocenters. The molecular weight excluding hydrogens is 372 g/mol. The zero-order chi connectivity index (χ0) is 21.5. The highest BCUT2D eigenvalue weighted by Gasteiger charge is 2.38. The van der Waals surface area contributed by atoms with Gasteiger partial charge in [-0.15, -0.1) is 0 Å². The smallest absolute Gasteiger partial charge is 0.276 e. The van der Waals surface area contributed by atoms with Gasteiger partial charge in [0.15, 0.2) is 0 Å². The highest BCUT2D eigenvalue weighted by atomic mass is 16.1. The van der Waals surface area contributed by atoms with Crippen LogP contribution in [0.3, 0.4) is 0 Å². The van der Waals surface area contributed by atoms with Crippen molar-refractivity contribution >= 4 is 5.84 Å². The summed E-state index contributed by atoms with van der Waals surface area (Å²) in [6.45, 7) is 7.89. The van der Waals surface area contributed by atoms with Gasteiger partial charge in [0.05, 0.1) is 5.69 Å². The molecule has 1 aliphatic carbocycles. The highest BCUT2D eigenvalue weighted by Crippen LogP contribution is 2.44. The first-order valence-electron chi connectivity index (χ1n) is 11.3. The quantitative estimate of drug-likeness (QED) is 0.814. The van der Waals surface area contributed by atoms with E-state index < -0.39 is 0 Å². The summed E-state index contributed by atoms with van der Waals surface area (Å²) in [6, 6.07) is 9.10. The molecule has 4 rings (SSSR count). The molecule has 5 nitrogen and oxygen atoms in total. The molecule has 0 radical (unpaired) electrons. The third kappa shape index (κ3) is 3.70. The number of benzene rings is 1. The standard InChI is InChI=1S/C25H34N4O/c1-17(2)14-19-8-7-9-20(15-19)25(10-5-6-11-25)16-21-27-24(30)18(3)22-23(26)28(4)12-13-29(21)22/h7-9,15,17,26H,5-6,10-14,16H2,1-4H3. The number of aromatic nitrogens is 2. The van der Waals surface area contributed by atoms with Crippen LogP contribution in [0.4, 0.5) is 0 Å². The van der Waals surface area contributed by atoms with Gasteiger partial charge < -0.3 is 9.47 Å². The van der Waals surface area contributed by atoms with Crippen LogP contribution >= 0.6 is 0 Å². The van der Waals surface area contributed by atoms with E-state index in [4.69, 9.17) is 5.41 Å². The Morgan fingerprint density at radius 1 is 1.20 bits per heavy atom. The molecule has 0 amide bonds. The third-order valence-corrected chi connectivity index (χ3v) is 6.99. The average Bonchev–Trinajstić information content (AvgIpc) is 3.17. The molecule has 2 aromatic rings. The zero-order valence-electron chi connectivity index (χ0n) is 18.8. The molecule has 0 bridgehead atoms. The molecule has 0 spiro atoms. The lowest BCUT2D eigenvalue weighted by Crippen LogP contribution is -2.43. The molecule has 0 saturated heterocycles. The van der Waals surface area contributed by atoms with Crippen LogP contribution < -0.4 is 5.56 Å². The maximum absolute atomic E-state index is 12.7. The molecule has 1 fully saturated rings. The first-order valence-corrected chi connectivity index (χ1v) is 11.3. The van der Waals surface area contributed by atoms with E-state index in [2.05, 4.69) is 47.7 Å². The summed E-state index contributed by atoms with van der Waals surface area (Å²) < 4.78 is 2.15. The van der Waals surface area contributed by atoms with Crippen LogP contribution in [0, 0.1) is 18.3 Å². The Bertz CT molecular complexity index is 1010. The Balaban J connectivity index is 1.78. The first kappa shape index (κ1) is 20.8. The second-order valence-corrected chi connectivity index (χ2v) is 9.69.